The van der Waals surface area contributed by atoms with Crippen LogP contribution in [-0.2, 0) is 33.6 Å². The molecule has 6 heteroatoms. The molecule has 2 unspecified atom stereocenters. The van der Waals surface area contributed by atoms with Gasteiger partial charge in [0.1, 0.15) is 5.76 Å². The Labute approximate surface area is 216 Å². The molecular weight excluding hydrogens is 464 g/mol. The minimum atomic E-state index is -0.726. The molecule has 0 saturated heterocycles. The quantitative estimate of drug-likeness (QED) is 0.281. The Morgan fingerprint density at radius 1 is 0.973 bits per heavy atom. The molecule has 0 aliphatic carbocycles. The van der Waals surface area contributed by atoms with Crippen molar-refractivity contribution in [3.05, 3.63) is 119 Å². The number of fused-ring (bicyclic) bond motifs is 1. The summed E-state index contributed by atoms with van der Waals surface area (Å²) in [5.41, 5.74) is 5.13. The van der Waals surface area contributed by atoms with Crippen LogP contribution in [0.4, 0.5) is 0 Å². The number of amides is 1. The van der Waals surface area contributed by atoms with Gasteiger partial charge in [0.05, 0.1) is 5.57 Å². The summed E-state index contributed by atoms with van der Waals surface area (Å²) < 4.78 is 5.72. The molecule has 2 heterocycles. The number of aliphatic hydroxyl groups is 1. The summed E-state index contributed by atoms with van der Waals surface area (Å²) in [5, 5.41) is 15.3. The van der Waals surface area contributed by atoms with Crippen LogP contribution in [0.15, 0.2) is 96.3 Å². The second-order valence-corrected chi connectivity index (χ2v) is 9.42. The van der Waals surface area contributed by atoms with E-state index < -0.39 is 18.0 Å². The second kappa shape index (κ2) is 10.7. The summed E-state index contributed by atoms with van der Waals surface area (Å²) in [4.78, 5) is 28.4. The summed E-state index contributed by atoms with van der Waals surface area (Å²) >= 11 is 0. The molecule has 0 saturated carbocycles. The molecule has 1 amide bonds. The number of esters is 1. The van der Waals surface area contributed by atoms with Crippen molar-refractivity contribution >= 4 is 22.8 Å². The summed E-state index contributed by atoms with van der Waals surface area (Å²) in [5.74, 6) is -1.05. The lowest BCUT2D eigenvalue weighted by Crippen LogP contribution is -2.23. The van der Waals surface area contributed by atoms with Gasteiger partial charge < -0.3 is 20.1 Å². The lowest BCUT2D eigenvalue weighted by Gasteiger charge is -2.19. The molecule has 5 rings (SSSR count). The maximum atomic E-state index is 13.3. The van der Waals surface area contributed by atoms with Crippen LogP contribution < -0.4 is 5.32 Å². The summed E-state index contributed by atoms with van der Waals surface area (Å²) in [6.07, 6.45) is 0.770. The molecule has 37 heavy (non-hydrogen) atoms. The first kappa shape index (κ1) is 24.4. The number of H-pyrrole nitrogens is 1. The predicted molar refractivity (Wildman–Crippen MR) is 143 cm³/mol. The number of cyclic esters (lactones) is 1. The van der Waals surface area contributed by atoms with Crippen LogP contribution >= 0.6 is 0 Å². The number of benzene rings is 3. The van der Waals surface area contributed by atoms with Crippen LogP contribution in [0.1, 0.15) is 35.2 Å². The largest absolute Gasteiger partial charge is 0.508 e. The number of carbonyl (C=O) groups excluding carboxylic acids is 2. The summed E-state index contributed by atoms with van der Waals surface area (Å²) in [6.45, 7) is 1.97. The monoisotopic (exact) mass is 494 g/mol. The van der Waals surface area contributed by atoms with E-state index in [9.17, 15) is 14.7 Å². The van der Waals surface area contributed by atoms with Crippen molar-refractivity contribution in [2.24, 2.45) is 0 Å². The number of nitrogens with one attached hydrogen (secondary N) is 2. The van der Waals surface area contributed by atoms with Gasteiger partial charge in [0.15, 0.2) is 6.10 Å². The normalized spacial score (nSPS) is 16.1. The molecular formula is C31H30N2O4. The van der Waals surface area contributed by atoms with Crippen molar-refractivity contribution in [2.45, 2.75) is 38.2 Å². The zero-order chi connectivity index (χ0) is 25.8. The molecule has 1 aliphatic rings. The van der Waals surface area contributed by atoms with E-state index in [0.717, 1.165) is 33.3 Å². The lowest BCUT2D eigenvalue weighted by molar-refractivity contribution is -0.140. The van der Waals surface area contributed by atoms with Crippen molar-refractivity contribution in [3.8, 4) is 0 Å². The molecule has 0 bridgehead atoms. The van der Waals surface area contributed by atoms with Gasteiger partial charge in [-0.25, -0.2) is 4.79 Å². The van der Waals surface area contributed by atoms with Crippen molar-refractivity contribution in [3.63, 3.8) is 0 Å². The molecule has 3 aromatic carbocycles. The Hall–Kier alpha value is -4.32. The van der Waals surface area contributed by atoms with Gasteiger partial charge in [0.25, 0.3) is 0 Å². The molecule has 1 aromatic heterocycles. The SMILES string of the molecule is CC(=O)NCCc1c(C(Cc2ccccc2)C2=C(O)C(Cc3ccccc3)OC2=O)[nH]c2ccccc12. The lowest BCUT2D eigenvalue weighted by atomic mass is 9.85. The van der Waals surface area contributed by atoms with Gasteiger partial charge in [-0.15, -0.1) is 0 Å². The molecule has 0 spiro atoms. The van der Waals surface area contributed by atoms with E-state index in [4.69, 9.17) is 4.74 Å². The zero-order valence-electron chi connectivity index (χ0n) is 20.7. The number of ether oxygens (including phenoxy) is 1. The number of para-hydroxylation sites is 1. The van der Waals surface area contributed by atoms with Crippen molar-refractivity contribution in [1.29, 1.82) is 0 Å². The molecule has 0 radical (unpaired) electrons. The van der Waals surface area contributed by atoms with Gasteiger partial charge in [-0.1, -0.05) is 78.9 Å². The van der Waals surface area contributed by atoms with Crippen LogP contribution in [0.3, 0.4) is 0 Å². The van der Waals surface area contributed by atoms with E-state index in [1.54, 1.807) is 0 Å². The van der Waals surface area contributed by atoms with Crippen LogP contribution in [0.2, 0.25) is 0 Å². The standard InChI is InChI=1S/C31H30N2O4/c1-20(34)32-17-16-24-23-14-8-9-15-26(23)33-29(24)25(18-21-10-4-2-5-11-21)28-30(35)27(37-31(28)36)19-22-12-6-3-7-13-22/h2-15,25,27,33,35H,16-19H2,1H3,(H,32,34). The number of hydrogen-bond acceptors (Lipinski definition) is 4. The summed E-state index contributed by atoms with van der Waals surface area (Å²) in [6, 6.07) is 27.6. The highest BCUT2D eigenvalue weighted by Gasteiger charge is 2.40. The maximum Gasteiger partial charge on any atom is 0.339 e. The van der Waals surface area contributed by atoms with Gasteiger partial charge in [-0.3, -0.25) is 4.79 Å². The minimum absolute atomic E-state index is 0.0127. The number of aromatic amines is 1. The molecule has 6 nitrogen and oxygen atoms in total. The third kappa shape index (κ3) is 5.28. The average molecular weight is 495 g/mol. The smallest absolute Gasteiger partial charge is 0.339 e. The van der Waals surface area contributed by atoms with Crippen molar-refractivity contribution in [2.75, 3.05) is 6.54 Å². The van der Waals surface area contributed by atoms with E-state index in [2.05, 4.69) is 10.3 Å². The van der Waals surface area contributed by atoms with E-state index in [1.807, 2.05) is 84.9 Å². The number of rotatable bonds is 9. The molecule has 4 aromatic rings. The molecule has 2 atom stereocenters. The van der Waals surface area contributed by atoms with E-state index in [1.165, 1.54) is 6.92 Å². The molecule has 1 aliphatic heterocycles. The number of hydrogen-bond donors (Lipinski definition) is 3. The van der Waals surface area contributed by atoms with E-state index in [-0.39, 0.29) is 17.2 Å². The Morgan fingerprint density at radius 3 is 2.32 bits per heavy atom. The van der Waals surface area contributed by atoms with Crippen LogP contribution in [0, 0.1) is 0 Å². The number of aromatic nitrogens is 1. The average Bonchev–Trinajstić information content (AvgIpc) is 3.40. The highest BCUT2D eigenvalue weighted by molar-refractivity contribution is 5.94. The molecule has 3 N–H and O–H groups in total. The Morgan fingerprint density at radius 2 is 1.62 bits per heavy atom. The van der Waals surface area contributed by atoms with Crippen LogP contribution in [-0.4, -0.2) is 34.6 Å². The van der Waals surface area contributed by atoms with Gasteiger partial charge in [-0.2, -0.15) is 0 Å². The Balaban J connectivity index is 1.59. The highest BCUT2D eigenvalue weighted by atomic mass is 16.6. The first-order chi connectivity index (χ1) is 18.0. The first-order valence-electron chi connectivity index (χ1n) is 12.6. The zero-order valence-corrected chi connectivity index (χ0v) is 20.7. The predicted octanol–water partition coefficient (Wildman–Crippen LogP) is 5.15. The van der Waals surface area contributed by atoms with Gasteiger partial charge in [-0.05, 0) is 35.6 Å². The fourth-order valence-corrected chi connectivity index (χ4v) is 5.16. The topological polar surface area (TPSA) is 91.4 Å². The third-order valence-corrected chi connectivity index (χ3v) is 6.89. The van der Waals surface area contributed by atoms with Gasteiger partial charge in [0.2, 0.25) is 5.91 Å². The Bertz CT molecular complexity index is 1440. The maximum absolute atomic E-state index is 13.3. The van der Waals surface area contributed by atoms with Gasteiger partial charge in [0, 0.05) is 42.4 Å². The minimum Gasteiger partial charge on any atom is -0.508 e. The first-order valence-corrected chi connectivity index (χ1v) is 12.6. The third-order valence-electron chi connectivity index (χ3n) is 6.89. The van der Waals surface area contributed by atoms with Crippen molar-refractivity contribution < 1.29 is 19.4 Å². The number of carbonyl (C=O) groups is 2. The summed E-state index contributed by atoms with van der Waals surface area (Å²) in [7, 11) is 0. The second-order valence-electron chi connectivity index (χ2n) is 9.42. The van der Waals surface area contributed by atoms with Crippen LogP contribution in [0.25, 0.3) is 10.9 Å². The van der Waals surface area contributed by atoms with Crippen LogP contribution in [0.5, 0.6) is 0 Å². The van der Waals surface area contributed by atoms with Gasteiger partial charge >= 0.3 is 5.97 Å². The number of aliphatic hydroxyl groups excluding tert-OH is 1. The molecule has 188 valence electrons. The fraction of sp³-hybridized carbons (Fsp3) is 0.226. The van der Waals surface area contributed by atoms with E-state index >= 15 is 0 Å². The molecule has 0 fully saturated rings. The van der Waals surface area contributed by atoms with Crippen molar-refractivity contribution in [1.82, 2.24) is 10.3 Å². The van der Waals surface area contributed by atoms with E-state index in [0.29, 0.717) is 25.8 Å². The highest BCUT2D eigenvalue weighted by Crippen LogP contribution is 2.40. The Kier molecular flexibility index (Phi) is 7.08. The fourth-order valence-electron chi connectivity index (χ4n) is 5.16.